The van der Waals surface area contributed by atoms with E-state index in [1.54, 1.807) is 24.3 Å². The Kier molecular flexibility index (Phi) is 5.75. The Morgan fingerprint density at radius 1 is 1.16 bits per heavy atom. The van der Waals surface area contributed by atoms with E-state index in [-0.39, 0.29) is 18.2 Å². The first-order valence-electron chi connectivity index (χ1n) is 5.80. The minimum absolute atomic E-state index is 0. The fourth-order valence-electron chi connectivity index (χ4n) is 1.91. The summed E-state index contributed by atoms with van der Waals surface area (Å²) >= 11 is 0. The van der Waals surface area contributed by atoms with Gasteiger partial charge in [-0.15, -0.1) is 12.4 Å². The van der Waals surface area contributed by atoms with Crippen molar-refractivity contribution in [1.29, 1.82) is 0 Å². The Hall–Kier alpha value is -1.14. The minimum atomic E-state index is -4.31. The predicted molar refractivity (Wildman–Crippen MR) is 70.3 cm³/mol. The van der Waals surface area contributed by atoms with Crippen molar-refractivity contribution in [2.45, 2.75) is 6.18 Å². The Morgan fingerprint density at radius 3 is 2.42 bits per heavy atom. The molecule has 2 rings (SSSR count). The average molecular weight is 297 g/mol. The molecule has 1 fully saturated rings. The first-order valence-corrected chi connectivity index (χ1v) is 5.80. The third-order valence-corrected chi connectivity index (χ3v) is 2.71. The van der Waals surface area contributed by atoms with Crippen molar-refractivity contribution in [2.24, 2.45) is 0 Å². The number of nitrogens with one attached hydrogen (secondary N) is 1. The van der Waals surface area contributed by atoms with Crippen molar-refractivity contribution < 1.29 is 17.9 Å². The summed E-state index contributed by atoms with van der Waals surface area (Å²) < 4.78 is 41.4. The van der Waals surface area contributed by atoms with Crippen molar-refractivity contribution >= 4 is 18.1 Å². The van der Waals surface area contributed by atoms with Crippen LogP contribution < -0.4 is 15.0 Å². The van der Waals surface area contributed by atoms with E-state index in [2.05, 4.69) is 5.32 Å². The van der Waals surface area contributed by atoms with Gasteiger partial charge in [0.05, 0.1) is 5.69 Å². The number of para-hydroxylation sites is 2. The lowest BCUT2D eigenvalue weighted by Gasteiger charge is -2.30. The van der Waals surface area contributed by atoms with Crippen LogP contribution in [0.2, 0.25) is 0 Å². The summed E-state index contributed by atoms with van der Waals surface area (Å²) in [6.07, 6.45) is -4.31. The van der Waals surface area contributed by atoms with Crippen molar-refractivity contribution in [3.8, 4) is 5.75 Å². The lowest BCUT2D eigenvalue weighted by Crippen LogP contribution is -2.43. The molecular formula is C12H16ClF3N2O. The quantitative estimate of drug-likeness (QED) is 0.927. The van der Waals surface area contributed by atoms with Crippen LogP contribution in [0.15, 0.2) is 24.3 Å². The number of halogens is 4. The van der Waals surface area contributed by atoms with Crippen molar-refractivity contribution in [3.63, 3.8) is 0 Å². The van der Waals surface area contributed by atoms with Crippen LogP contribution in [0.1, 0.15) is 0 Å². The van der Waals surface area contributed by atoms with Gasteiger partial charge in [-0.1, -0.05) is 12.1 Å². The van der Waals surface area contributed by atoms with Gasteiger partial charge in [0.15, 0.2) is 6.61 Å². The molecule has 7 heteroatoms. The minimum Gasteiger partial charge on any atom is -0.482 e. The normalized spacial score (nSPS) is 15.8. The van der Waals surface area contributed by atoms with Gasteiger partial charge in [-0.2, -0.15) is 13.2 Å². The highest BCUT2D eigenvalue weighted by atomic mass is 35.5. The number of ether oxygens (including phenoxy) is 1. The molecule has 1 aliphatic heterocycles. The first kappa shape index (κ1) is 15.9. The highest BCUT2D eigenvalue weighted by molar-refractivity contribution is 5.85. The van der Waals surface area contributed by atoms with Gasteiger partial charge >= 0.3 is 6.18 Å². The van der Waals surface area contributed by atoms with Gasteiger partial charge in [0.25, 0.3) is 0 Å². The second-order valence-corrected chi connectivity index (χ2v) is 4.11. The molecule has 19 heavy (non-hydrogen) atoms. The lowest BCUT2D eigenvalue weighted by molar-refractivity contribution is -0.153. The van der Waals surface area contributed by atoms with Crippen LogP contribution in [0.3, 0.4) is 0 Å². The van der Waals surface area contributed by atoms with Gasteiger partial charge in [-0.05, 0) is 12.1 Å². The summed E-state index contributed by atoms with van der Waals surface area (Å²) in [5, 5.41) is 3.20. The van der Waals surface area contributed by atoms with Crippen LogP contribution in [-0.2, 0) is 0 Å². The van der Waals surface area contributed by atoms with Gasteiger partial charge in [0, 0.05) is 26.2 Å². The number of alkyl halides is 3. The van der Waals surface area contributed by atoms with Gasteiger partial charge in [0.1, 0.15) is 5.75 Å². The standard InChI is InChI=1S/C12H15F3N2O.ClH/c13-12(14,15)9-18-11-4-2-1-3-10(11)17-7-5-16-6-8-17;/h1-4,16H,5-9H2;1H. The molecule has 0 bridgehead atoms. The zero-order chi connectivity index (χ0) is 13.0. The Bertz CT molecular complexity index is 395. The third-order valence-electron chi connectivity index (χ3n) is 2.71. The third kappa shape index (κ3) is 4.80. The monoisotopic (exact) mass is 296 g/mol. The van der Waals surface area contributed by atoms with E-state index in [0.29, 0.717) is 0 Å². The average Bonchev–Trinajstić information content (AvgIpc) is 2.37. The van der Waals surface area contributed by atoms with E-state index in [1.165, 1.54) is 0 Å². The second-order valence-electron chi connectivity index (χ2n) is 4.11. The molecule has 0 aromatic heterocycles. The summed E-state index contributed by atoms with van der Waals surface area (Å²) in [5.74, 6) is 0.289. The number of nitrogens with zero attached hydrogens (tertiary/aromatic N) is 1. The van der Waals surface area contributed by atoms with E-state index >= 15 is 0 Å². The molecule has 1 aromatic rings. The highest BCUT2D eigenvalue weighted by Gasteiger charge is 2.29. The van der Waals surface area contributed by atoms with E-state index in [0.717, 1.165) is 31.9 Å². The van der Waals surface area contributed by atoms with E-state index in [9.17, 15) is 13.2 Å². The van der Waals surface area contributed by atoms with Crippen LogP contribution in [-0.4, -0.2) is 39.0 Å². The van der Waals surface area contributed by atoms with Crippen molar-refractivity contribution in [1.82, 2.24) is 5.32 Å². The molecule has 1 aromatic carbocycles. The molecule has 1 N–H and O–H groups in total. The molecule has 1 aliphatic rings. The maximum atomic E-state index is 12.2. The van der Waals surface area contributed by atoms with E-state index in [4.69, 9.17) is 4.74 Å². The van der Waals surface area contributed by atoms with Crippen LogP contribution in [0.4, 0.5) is 18.9 Å². The molecule has 0 saturated carbocycles. The van der Waals surface area contributed by atoms with Crippen molar-refractivity contribution in [3.05, 3.63) is 24.3 Å². The van der Waals surface area contributed by atoms with E-state index in [1.807, 2.05) is 4.90 Å². The number of anilines is 1. The van der Waals surface area contributed by atoms with Crippen LogP contribution in [0.25, 0.3) is 0 Å². The molecule has 0 aliphatic carbocycles. The molecule has 108 valence electrons. The maximum Gasteiger partial charge on any atom is 0.422 e. The number of hydrogen-bond donors (Lipinski definition) is 1. The Labute approximate surface area is 116 Å². The van der Waals surface area contributed by atoms with Crippen LogP contribution in [0.5, 0.6) is 5.75 Å². The molecule has 0 spiro atoms. The topological polar surface area (TPSA) is 24.5 Å². The van der Waals surface area contributed by atoms with E-state index < -0.39 is 12.8 Å². The number of rotatable bonds is 3. The Balaban J connectivity index is 0.00000180. The summed E-state index contributed by atoms with van der Waals surface area (Å²) in [6, 6.07) is 6.84. The molecule has 3 nitrogen and oxygen atoms in total. The fraction of sp³-hybridized carbons (Fsp3) is 0.500. The zero-order valence-electron chi connectivity index (χ0n) is 10.2. The molecule has 0 amide bonds. The SMILES string of the molecule is Cl.FC(F)(F)COc1ccccc1N1CCNCC1. The smallest absolute Gasteiger partial charge is 0.422 e. The molecule has 1 saturated heterocycles. The predicted octanol–water partition coefficient (Wildman–Crippen LogP) is 2.46. The number of hydrogen-bond acceptors (Lipinski definition) is 3. The lowest BCUT2D eigenvalue weighted by atomic mass is 10.2. The first-order chi connectivity index (χ1) is 8.56. The van der Waals surface area contributed by atoms with Crippen molar-refractivity contribution in [2.75, 3.05) is 37.7 Å². The number of benzene rings is 1. The molecular weight excluding hydrogens is 281 g/mol. The maximum absolute atomic E-state index is 12.2. The molecule has 0 atom stereocenters. The second kappa shape index (κ2) is 6.86. The summed E-state index contributed by atoms with van der Waals surface area (Å²) in [4.78, 5) is 2.03. The molecule has 0 unspecified atom stereocenters. The van der Waals surface area contributed by atoms with Gasteiger partial charge in [-0.3, -0.25) is 0 Å². The molecule has 0 radical (unpaired) electrons. The van der Waals surface area contributed by atoms with Gasteiger partial charge in [-0.25, -0.2) is 0 Å². The Morgan fingerprint density at radius 2 is 1.79 bits per heavy atom. The number of piperazine rings is 1. The van der Waals surface area contributed by atoms with Crippen LogP contribution >= 0.6 is 12.4 Å². The zero-order valence-corrected chi connectivity index (χ0v) is 11.1. The summed E-state index contributed by atoms with van der Waals surface area (Å²) in [6.45, 7) is 1.94. The summed E-state index contributed by atoms with van der Waals surface area (Å²) in [5.41, 5.74) is 0.725. The van der Waals surface area contributed by atoms with Crippen LogP contribution in [0, 0.1) is 0 Å². The largest absolute Gasteiger partial charge is 0.482 e. The summed E-state index contributed by atoms with van der Waals surface area (Å²) in [7, 11) is 0. The fourth-order valence-corrected chi connectivity index (χ4v) is 1.91. The van der Waals surface area contributed by atoms with Gasteiger partial charge < -0.3 is 15.0 Å². The highest BCUT2D eigenvalue weighted by Crippen LogP contribution is 2.29. The molecule has 1 heterocycles. The van der Waals surface area contributed by atoms with Gasteiger partial charge in [0.2, 0.25) is 0 Å².